The summed E-state index contributed by atoms with van der Waals surface area (Å²) in [5.74, 6) is 0.219. The number of allylic oxidation sites excluding steroid dienone is 3. The fourth-order valence-electron chi connectivity index (χ4n) is 9.06. The second-order valence-electron chi connectivity index (χ2n) is 15.3. The lowest BCUT2D eigenvalue weighted by Gasteiger charge is -2.26. The average Bonchev–Trinajstić information content (AvgIpc) is 3.80. The van der Waals surface area contributed by atoms with Crippen molar-refractivity contribution < 1.29 is 28.7 Å². The van der Waals surface area contributed by atoms with Crippen LogP contribution in [0.3, 0.4) is 0 Å². The number of hydrogen-bond acceptors (Lipinski definition) is 10. The minimum atomic E-state index is -0.507. The summed E-state index contributed by atoms with van der Waals surface area (Å²) in [6, 6.07) is 0.671. The van der Waals surface area contributed by atoms with Crippen LogP contribution in [0.5, 0.6) is 0 Å². The number of carbonyl (C=O) groups is 4. The monoisotopic (exact) mass is 706 g/mol. The van der Waals surface area contributed by atoms with E-state index >= 15 is 0 Å². The van der Waals surface area contributed by atoms with Gasteiger partial charge in [-0.15, -0.1) is 6.58 Å². The van der Waals surface area contributed by atoms with Gasteiger partial charge in [0.05, 0.1) is 6.04 Å². The van der Waals surface area contributed by atoms with Crippen LogP contribution in [0.4, 0.5) is 0 Å². The van der Waals surface area contributed by atoms with Crippen molar-refractivity contribution in [3.63, 3.8) is 0 Å². The number of carbonyl (C=O) groups excluding carboxylic acids is 4. The standard InChI is InChI=1S/C41H62N4O6/c1-10-27-24(7)34(43-31(27)12-3)20-36-28(11-2)25(8)32(44-36)19-33-26(9)30(16-18-41(49)51-39(47)14-5)37(45-33)21-35-29(23(6)22-42-35)15-17-40(48)50-38(46)13-4/h10,12,20,23-30,32-33,35-36,42,44H,1,3,11,13-19,21-22H2,2,4-9H3/b34-20-/t23-,24?,25+,26-,27-,28-,29?,30?,32?,33-,35-,36?/m1/s1. The number of nitrogens with zero attached hydrogens (tertiary/aromatic N) is 2. The van der Waals surface area contributed by atoms with Crippen LogP contribution in [-0.2, 0) is 28.7 Å². The molecule has 12 atom stereocenters. The summed E-state index contributed by atoms with van der Waals surface area (Å²) < 4.78 is 9.97. The third-order valence-electron chi connectivity index (χ3n) is 12.3. The van der Waals surface area contributed by atoms with Gasteiger partial charge in [-0.1, -0.05) is 67.5 Å². The number of ether oxygens (including phenoxy) is 2. The lowest BCUT2D eigenvalue weighted by Crippen LogP contribution is -2.35. The summed E-state index contributed by atoms with van der Waals surface area (Å²) in [6.07, 6.45) is 10.7. The van der Waals surface area contributed by atoms with Crippen LogP contribution in [0.2, 0.25) is 0 Å². The SMILES string of the molecule is C=CC1=N/C(=C\C2NC(C[C@H]3N=C(C[C@H]4NC[C@@H](C)C4CCC(=O)OC(=O)CC)C(CCC(=O)OC(=O)CC)[C@H]3C)[C@@H](C)[C@H]2CC)C(C)[C@H]1C=C. The number of rotatable bonds is 16. The van der Waals surface area contributed by atoms with Crippen LogP contribution in [0.25, 0.3) is 0 Å². The molecule has 0 aromatic carbocycles. The van der Waals surface area contributed by atoms with Crippen molar-refractivity contribution in [1.82, 2.24) is 10.6 Å². The molecule has 2 fully saturated rings. The van der Waals surface area contributed by atoms with E-state index in [9.17, 15) is 19.2 Å². The minimum absolute atomic E-state index is 0.0724. The van der Waals surface area contributed by atoms with E-state index in [0.29, 0.717) is 30.6 Å². The summed E-state index contributed by atoms with van der Waals surface area (Å²) in [4.78, 5) is 58.8. The van der Waals surface area contributed by atoms with Crippen LogP contribution >= 0.6 is 0 Å². The lowest BCUT2D eigenvalue weighted by molar-refractivity contribution is -0.161. The van der Waals surface area contributed by atoms with Crippen molar-refractivity contribution >= 4 is 35.3 Å². The first kappa shape index (κ1) is 40.5. The molecule has 0 aromatic heterocycles. The summed E-state index contributed by atoms with van der Waals surface area (Å²) >= 11 is 0. The minimum Gasteiger partial charge on any atom is -0.393 e. The average molecular weight is 707 g/mol. The fraction of sp³-hybridized carbons (Fsp3) is 0.707. The highest BCUT2D eigenvalue weighted by atomic mass is 16.6. The lowest BCUT2D eigenvalue weighted by atomic mass is 9.78. The molecule has 51 heavy (non-hydrogen) atoms. The molecule has 0 amide bonds. The molecule has 4 aliphatic heterocycles. The van der Waals surface area contributed by atoms with Crippen LogP contribution in [-0.4, -0.2) is 66.0 Å². The van der Waals surface area contributed by atoms with Gasteiger partial charge in [-0.25, -0.2) is 0 Å². The predicted molar refractivity (Wildman–Crippen MR) is 201 cm³/mol. The quantitative estimate of drug-likeness (QED) is 0.105. The molecule has 2 N–H and O–H groups in total. The number of aliphatic imine (C=N–C) groups is 2. The third-order valence-corrected chi connectivity index (χ3v) is 12.3. The second-order valence-corrected chi connectivity index (χ2v) is 15.3. The maximum atomic E-state index is 12.6. The van der Waals surface area contributed by atoms with E-state index in [1.165, 1.54) is 0 Å². The second kappa shape index (κ2) is 18.5. The van der Waals surface area contributed by atoms with Gasteiger partial charge in [-0.2, -0.15) is 0 Å². The third kappa shape index (κ3) is 9.80. The molecule has 0 radical (unpaired) electrons. The van der Waals surface area contributed by atoms with Gasteiger partial charge < -0.3 is 20.1 Å². The topological polar surface area (TPSA) is 136 Å². The molecule has 0 spiro atoms. The molecule has 4 rings (SSSR count). The highest BCUT2D eigenvalue weighted by molar-refractivity contribution is 6.00. The Balaban J connectivity index is 1.51. The molecule has 5 unspecified atom stereocenters. The van der Waals surface area contributed by atoms with E-state index in [1.54, 1.807) is 13.8 Å². The van der Waals surface area contributed by atoms with Gasteiger partial charge in [0.15, 0.2) is 0 Å². The van der Waals surface area contributed by atoms with Crippen molar-refractivity contribution in [2.75, 3.05) is 6.54 Å². The number of esters is 4. The highest BCUT2D eigenvalue weighted by Crippen LogP contribution is 2.42. The first-order valence-electron chi connectivity index (χ1n) is 19.4. The van der Waals surface area contributed by atoms with Crippen LogP contribution in [0.15, 0.2) is 47.1 Å². The Morgan fingerprint density at radius 1 is 0.863 bits per heavy atom. The van der Waals surface area contributed by atoms with Crippen LogP contribution in [0.1, 0.15) is 106 Å². The van der Waals surface area contributed by atoms with Crippen LogP contribution < -0.4 is 10.6 Å². The molecule has 10 nitrogen and oxygen atoms in total. The molecule has 0 aromatic rings. The van der Waals surface area contributed by atoms with Gasteiger partial charge >= 0.3 is 23.9 Å². The summed E-state index contributed by atoms with van der Waals surface area (Å²) in [5, 5.41) is 7.66. The molecule has 4 aliphatic rings. The van der Waals surface area contributed by atoms with Crippen molar-refractivity contribution in [3.05, 3.63) is 37.1 Å². The first-order chi connectivity index (χ1) is 24.3. The zero-order chi connectivity index (χ0) is 37.4. The molecule has 2 saturated heterocycles. The Morgan fingerprint density at radius 3 is 2.08 bits per heavy atom. The van der Waals surface area contributed by atoms with Crippen molar-refractivity contribution in [2.24, 2.45) is 57.3 Å². The van der Waals surface area contributed by atoms with Gasteiger partial charge in [-0.05, 0) is 67.5 Å². The van der Waals surface area contributed by atoms with Crippen molar-refractivity contribution in [1.29, 1.82) is 0 Å². The fourth-order valence-corrected chi connectivity index (χ4v) is 9.06. The molecular weight excluding hydrogens is 644 g/mol. The molecule has 10 heteroatoms. The Labute approximate surface area is 305 Å². The molecular formula is C41H62N4O6. The van der Waals surface area contributed by atoms with Gasteiger partial charge in [0.2, 0.25) is 0 Å². The molecule has 282 valence electrons. The largest absolute Gasteiger partial charge is 0.393 e. The van der Waals surface area contributed by atoms with E-state index in [0.717, 1.165) is 42.9 Å². The number of nitrogens with one attached hydrogen (secondary N) is 2. The predicted octanol–water partition coefficient (Wildman–Crippen LogP) is 6.55. The van der Waals surface area contributed by atoms with E-state index in [1.807, 2.05) is 12.2 Å². The Bertz CT molecular complexity index is 1400. The Morgan fingerprint density at radius 2 is 1.51 bits per heavy atom. The maximum absolute atomic E-state index is 12.6. The van der Waals surface area contributed by atoms with E-state index in [4.69, 9.17) is 19.5 Å². The van der Waals surface area contributed by atoms with E-state index in [-0.39, 0.29) is 79.4 Å². The van der Waals surface area contributed by atoms with Gasteiger partial charge in [0.25, 0.3) is 0 Å². The van der Waals surface area contributed by atoms with E-state index < -0.39 is 23.9 Å². The smallest absolute Gasteiger partial charge is 0.313 e. The molecule has 0 aliphatic carbocycles. The maximum Gasteiger partial charge on any atom is 0.313 e. The van der Waals surface area contributed by atoms with Crippen molar-refractivity contribution in [3.8, 4) is 0 Å². The summed E-state index contributed by atoms with van der Waals surface area (Å²) in [7, 11) is 0. The molecule has 0 bridgehead atoms. The Hall–Kier alpha value is -3.24. The zero-order valence-electron chi connectivity index (χ0n) is 32.0. The van der Waals surface area contributed by atoms with Gasteiger partial charge in [0, 0.05) is 85.1 Å². The normalized spacial score (nSPS) is 35.4. The molecule has 0 saturated carbocycles. The molecule has 4 heterocycles. The Kier molecular flexibility index (Phi) is 14.7. The first-order valence-corrected chi connectivity index (χ1v) is 19.4. The van der Waals surface area contributed by atoms with Gasteiger partial charge in [-0.3, -0.25) is 29.2 Å². The zero-order valence-corrected chi connectivity index (χ0v) is 32.0. The number of hydrogen-bond donors (Lipinski definition) is 2. The van der Waals surface area contributed by atoms with E-state index in [2.05, 4.69) is 64.5 Å². The summed E-state index contributed by atoms with van der Waals surface area (Å²) in [5.41, 5.74) is 3.18. The van der Waals surface area contributed by atoms with Gasteiger partial charge in [0.1, 0.15) is 0 Å². The van der Waals surface area contributed by atoms with Crippen molar-refractivity contribution in [2.45, 2.75) is 130 Å². The summed E-state index contributed by atoms with van der Waals surface area (Å²) in [6.45, 7) is 23.5. The van der Waals surface area contributed by atoms with Crippen LogP contribution in [0, 0.1) is 47.3 Å². The highest BCUT2D eigenvalue weighted by Gasteiger charge is 2.45.